The third-order valence-electron chi connectivity index (χ3n) is 4.40. The van der Waals surface area contributed by atoms with E-state index in [2.05, 4.69) is 0 Å². The largest absolute Gasteiger partial charge is 0.391 e. The Hall–Kier alpha value is -2.74. The van der Waals surface area contributed by atoms with E-state index in [1.54, 1.807) is 12.1 Å². The summed E-state index contributed by atoms with van der Waals surface area (Å²) in [6, 6.07) is 6.64. The standard InChI is InChI=1S/C17H18FN3O4/c1-19-15(23)5-6-20(17(19)25)10-16(24)21-9-13(22)8-14(21)11-3-2-4-12(18)7-11/h2-7,13-14,22H,8-10H2,1H3/t13-,14+/m0/s1. The van der Waals surface area contributed by atoms with Crippen molar-refractivity contribution in [3.8, 4) is 0 Å². The Morgan fingerprint density at radius 1 is 1.32 bits per heavy atom. The molecule has 0 unspecified atom stereocenters. The van der Waals surface area contributed by atoms with Gasteiger partial charge in [-0.05, 0) is 24.1 Å². The van der Waals surface area contributed by atoms with Gasteiger partial charge in [0.25, 0.3) is 5.56 Å². The summed E-state index contributed by atoms with van der Waals surface area (Å²) in [6.45, 7) is -0.147. The number of β-amino-alcohol motifs (C(OH)–C–C–N with tert-alkyl or cyclic N) is 1. The van der Waals surface area contributed by atoms with Gasteiger partial charge in [-0.25, -0.2) is 9.18 Å². The summed E-state index contributed by atoms with van der Waals surface area (Å²) in [6.07, 6.45) is 0.859. The van der Waals surface area contributed by atoms with E-state index < -0.39 is 29.2 Å². The Bertz CT molecular complexity index is 921. The summed E-state index contributed by atoms with van der Waals surface area (Å²) in [5.74, 6) is -0.799. The number of amides is 1. The second kappa shape index (κ2) is 6.64. The third-order valence-corrected chi connectivity index (χ3v) is 4.40. The van der Waals surface area contributed by atoms with E-state index in [0.29, 0.717) is 12.0 Å². The fraction of sp³-hybridized carbons (Fsp3) is 0.353. The van der Waals surface area contributed by atoms with Crippen molar-refractivity contribution in [3.05, 3.63) is 68.7 Å². The smallest absolute Gasteiger partial charge is 0.331 e. The van der Waals surface area contributed by atoms with Gasteiger partial charge < -0.3 is 10.0 Å². The molecule has 0 aliphatic carbocycles. The molecule has 1 aliphatic rings. The normalized spacial score (nSPS) is 20.0. The van der Waals surface area contributed by atoms with Crippen LogP contribution in [0, 0.1) is 5.82 Å². The third kappa shape index (κ3) is 3.39. The predicted molar refractivity (Wildman–Crippen MR) is 87.4 cm³/mol. The number of nitrogens with zero attached hydrogens (tertiary/aromatic N) is 3. The SMILES string of the molecule is Cn1c(=O)ccn(CC(=O)N2C[C@@H](O)C[C@@H]2c2cccc(F)c2)c1=O. The number of halogens is 1. The first-order valence-electron chi connectivity index (χ1n) is 7.86. The zero-order valence-corrected chi connectivity index (χ0v) is 13.6. The lowest BCUT2D eigenvalue weighted by atomic mass is 10.0. The zero-order chi connectivity index (χ0) is 18.1. The summed E-state index contributed by atoms with van der Waals surface area (Å²) in [4.78, 5) is 37.6. The lowest BCUT2D eigenvalue weighted by Crippen LogP contribution is -2.41. The van der Waals surface area contributed by atoms with E-state index in [4.69, 9.17) is 0 Å². The topological polar surface area (TPSA) is 84.5 Å². The van der Waals surface area contributed by atoms with Gasteiger partial charge in [-0.15, -0.1) is 0 Å². The molecule has 0 bridgehead atoms. The van der Waals surface area contributed by atoms with E-state index in [9.17, 15) is 23.9 Å². The number of aromatic nitrogens is 2. The van der Waals surface area contributed by atoms with Gasteiger partial charge in [0.05, 0.1) is 12.1 Å². The van der Waals surface area contributed by atoms with Crippen molar-refractivity contribution >= 4 is 5.91 Å². The Kier molecular flexibility index (Phi) is 4.54. The van der Waals surface area contributed by atoms with Gasteiger partial charge in [-0.3, -0.25) is 18.7 Å². The maximum atomic E-state index is 13.5. The lowest BCUT2D eigenvalue weighted by Gasteiger charge is -2.25. The van der Waals surface area contributed by atoms with Crippen LogP contribution in [0.25, 0.3) is 0 Å². The number of carbonyl (C=O) groups is 1. The van der Waals surface area contributed by atoms with Crippen molar-refractivity contribution in [2.24, 2.45) is 7.05 Å². The molecule has 1 aliphatic heterocycles. The van der Waals surface area contributed by atoms with Crippen LogP contribution in [0.3, 0.4) is 0 Å². The molecule has 1 saturated heterocycles. The molecule has 1 N–H and O–H groups in total. The Labute approximate surface area is 142 Å². The van der Waals surface area contributed by atoms with Crippen molar-refractivity contribution in [1.82, 2.24) is 14.0 Å². The molecule has 1 fully saturated rings. The van der Waals surface area contributed by atoms with Crippen molar-refractivity contribution in [2.45, 2.75) is 25.1 Å². The van der Waals surface area contributed by atoms with Crippen LogP contribution < -0.4 is 11.2 Å². The van der Waals surface area contributed by atoms with Crippen molar-refractivity contribution < 1.29 is 14.3 Å². The first kappa shape index (κ1) is 17.1. The Balaban J connectivity index is 1.86. The molecule has 1 amide bonds. The second-order valence-electron chi connectivity index (χ2n) is 6.13. The van der Waals surface area contributed by atoms with Crippen LogP contribution >= 0.6 is 0 Å². The predicted octanol–water partition coefficient (Wildman–Crippen LogP) is 0.0206. The molecule has 25 heavy (non-hydrogen) atoms. The number of carbonyl (C=O) groups excluding carboxylic acids is 1. The van der Waals surface area contributed by atoms with Gasteiger partial charge in [0.15, 0.2) is 0 Å². The highest BCUT2D eigenvalue weighted by atomic mass is 19.1. The minimum atomic E-state index is -0.714. The van der Waals surface area contributed by atoms with Crippen LogP contribution in [-0.4, -0.2) is 37.7 Å². The fourth-order valence-electron chi connectivity index (χ4n) is 3.09. The molecule has 2 heterocycles. The number of rotatable bonds is 3. The molecular formula is C17H18FN3O4. The molecule has 0 saturated carbocycles. The maximum absolute atomic E-state index is 13.5. The van der Waals surface area contributed by atoms with E-state index in [1.165, 1.54) is 36.3 Å². The number of likely N-dealkylation sites (tertiary alicyclic amines) is 1. The molecule has 132 valence electrons. The Morgan fingerprint density at radius 2 is 2.08 bits per heavy atom. The van der Waals surface area contributed by atoms with E-state index in [1.807, 2.05) is 0 Å². The minimum Gasteiger partial charge on any atom is -0.391 e. The highest BCUT2D eigenvalue weighted by Gasteiger charge is 2.35. The van der Waals surface area contributed by atoms with Gasteiger partial charge in [0.1, 0.15) is 12.4 Å². The van der Waals surface area contributed by atoms with E-state index in [0.717, 1.165) is 9.13 Å². The quantitative estimate of drug-likeness (QED) is 0.848. The average Bonchev–Trinajstić information content (AvgIpc) is 2.97. The molecular weight excluding hydrogens is 329 g/mol. The average molecular weight is 347 g/mol. The molecule has 0 spiro atoms. The van der Waals surface area contributed by atoms with Gasteiger partial charge in [0.2, 0.25) is 5.91 Å². The molecule has 3 rings (SSSR count). The van der Waals surface area contributed by atoms with Crippen LogP contribution in [0.4, 0.5) is 4.39 Å². The van der Waals surface area contributed by atoms with E-state index in [-0.39, 0.29) is 19.0 Å². The number of benzene rings is 1. The summed E-state index contributed by atoms with van der Waals surface area (Å²) in [7, 11) is 1.33. The van der Waals surface area contributed by atoms with Gasteiger partial charge >= 0.3 is 5.69 Å². The van der Waals surface area contributed by atoms with Crippen molar-refractivity contribution in [1.29, 1.82) is 0 Å². The maximum Gasteiger partial charge on any atom is 0.331 e. The summed E-state index contributed by atoms with van der Waals surface area (Å²) in [5, 5.41) is 9.95. The van der Waals surface area contributed by atoms with Gasteiger partial charge in [-0.2, -0.15) is 0 Å². The highest BCUT2D eigenvalue weighted by Crippen LogP contribution is 2.32. The van der Waals surface area contributed by atoms with Crippen LogP contribution in [0.1, 0.15) is 18.0 Å². The molecule has 1 aromatic heterocycles. The van der Waals surface area contributed by atoms with E-state index >= 15 is 0 Å². The van der Waals surface area contributed by atoms with Crippen LogP contribution in [0.5, 0.6) is 0 Å². The Morgan fingerprint density at radius 3 is 2.80 bits per heavy atom. The van der Waals surface area contributed by atoms with Crippen LogP contribution in [-0.2, 0) is 18.4 Å². The summed E-state index contributed by atoms with van der Waals surface area (Å²) >= 11 is 0. The van der Waals surface area contributed by atoms with Crippen molar-refractivity contribution in [3.63, 3.8) is 0 Å². The fourth-order valence-corrected chi connectivity index (χ4v) is 3.09. The first-order chi connectivity index (χ1) is 11.9. The molecule has 7 nitrogen and oxygen atoms in total. The first-order valence-corrected chi connectivity index (χ1v) is 7.86. The molecule has 8 heteroatoms. The zero-order valence-electron chi connectivity index (χ0n) is 13.6. The monoisotopic (exact) mass is 347 g/mol. The summed E-state index contributed by atoms with van der Waals surface area (Å²) in [5.41, 5.74) is -0.455. The van der Waals surface area contributed by atoms with Gasteiger partial charge in [-0.1, -0.05) is 12.1 Å². The molecule has 2 atom stereocenters. The van der Waals surface area contributed by atoms with Crippen LogP contribution in [0.2, 0.25) is 0 Å². The number of aliphatic hydroxyl groups excluding tert-OH is 1. The minimum absolute atomic E-state index is 0.112. The number of hydrogen-bond donors (Lipinski definition) is 1. The molecule has 1 aromatic carbocycles. The number of hydrogen-bond acceptors (Lipinski definition) is 4. The molecule has 0 radical (unpaired) electrons. The van der Waals surface area contributed by atoms with Crippen LogP contribution in [0.15, 0.2) is 46.1 Å². The van der Waals surface area contributed by atoms with Crippen molar-refractivity contribution in [2.75, 3.05) is 6.54 Å². The summed E-state index contributed by atoms with van der Waals surface area (Å²) < 4.78 is 15.5. The molecule has 2 aromatic rings. The lowest BCUT2D eigenvalue weighted by molar-refractivity contribution is -0.133. The second-order valence-corrected chi connectivity index (χ2v) is 6.13. The number of aliphatic hydroxyl groups is 1. The highest BCUT2D eigenvalue weighted by molar-refractivity contribution is 5.77. The van der Waals surface area contributed by atoms with Gasteiger partial charge in [0, 0.05) is 25.9 Å².